The van der Waals surface area contributed by atoms with Crippen LogP contribution in [0.15, 0.2) is 37.1 Å². The molecule has 0 rings (SSSR count). The van der Waals surface area contributed by atoms with Crippen LogP contribution in [-0.2, 0) is 4.74 Å². The second-order valence-electron chi connectivity index (χ2n) is 2.01. The van der Waals surface area contributed by atoms with Crippen LogP contribution in [0.2, 0.25) is 0 Å². The molecule has 10 heavy (non-hydrogen) atoms. The van der Waals surface area contributed by atoms with Gasteiger partial charge in [-0.1, -0.05) is 25.8 Å². The van der Waals surface area contributed by atoms with Gasteiger partial charge in [-0.3, -0.25) is 0 Å². The second kappa shape index (κ2) is 4.86. The van der Waals surface area contributed by atoms with Crippen LogP contribution in [0.1, 0.15) is 13.3 Å². The van der Waals surface area contributed by atoms with Gasteiger partial charge in [0.05, 0.1) is 12.4 Å². The van der Waals surface area contributed by atoms with Crippen LogP contribution >= 0.6 is 0 Å². The Labute approximate surface area is 62.7 Å². The second-order valence-corrected chi connectivity index (χ2v) is 2.01. The fourth-order valence-corrected chi connectivity index (χ4v) is 0.581. The number of ether oxygens (including phenoxy) is 1. The molecule has 0 bridgehead atoms. The SMILES string of the molecule is C=CC(=C)CC(=C)OCC. The van der Waals surface area contributed by atoms with Gasteiger partial charge in [-0.25, -0.2) is 0 Å². The minimum atomic E-state index is 0.670. The lowest BCUT2D eigenvalue weighted by molar-refractivity contribution is 0.225. The van der Waals surface area contributed by atoms with E-state index in [-0.39, 0.29) is 0 Å². The first-order valence-electron chi connectivity index (χ1n) is 3.31. The van der Waals surface area contributed by atoms with E-state index in [0.29, 0.717) is 13.0 Å². The monoisotopic (exact) mass is 138 g/mol. The number of hydrogen-bond acceptors (Lipinski definition) is 1. The molecular formula is C9H14O. The molecule has 0 aromatic heterocycles. The average molecular weight is 138 g/mol. The van der Waals surface area contributed by atoms with E-state index in [1.807, 2.05) is 6.92 Å². The van der Waals surface area contributed by atoms with Crippen molar-refractivity contribution in [2.45, 2.75) is 13.3 Å². The predicted molar refractivity (Wildman–Crippen MR) is 44.7 cm³/mol. The third-order valence-corrected chi connectivity index (χ3v) is 1.06. The number of allylic oxidation sites excluding steroid dienone is 2. The molecule has 0 aromatic carbocycles. The fraction of sp³-hybridized carbons (Fsp3) is 0.333. The average Bonchev–Trinajstić information content (AvgIpc) is 1.88. The van der Waals surface area contributed by atoms with Crippen LogP contribution in [0.25, 0.3) is 0 Å². The van der Waals surface area contributed by atoms with E-state index in [4.69, 9.17) is 4.74 Å². The Kier molecular flexibility index (Phi) is 4.38. The molecule has 0 N–H and O–H groups in total. The molecule has 0 spiro atoms. The molecule has 0 aromatic rings. The molecule has 0 radical (unpaired) electrons. The molecule has 0 aliphatic rings. The Bertz CT molecular complexity index is 145. The summed E-state index contributed by atoms with van der Waals surface area (Å²) >= 11 is 0. The molecule has 0 aliphatic carbocycles. The maximum absolute atomic E-state index is 5.11. The van der Waals surface area contributed by atoms with E-state index in [1.54, 1.807) is 6.08 Å². The van der Waals surface area contributed by atoms with Gasteiger partial charge in [0.25, 0.3) is 0 Å². The molecule has 0 atom stereocenters. The molecule has 0 aliphatic heterocycles. The van der Waals surface area contributed by atoms with Crippen molar-refractivity contribution in [1.29, 1.82) is 0 Å². The summed E-state index contributed by atoms with van der Waals surface area (Å²) in [5.41, 5.74) is 0.943. The molecule has 1 heteroatoms. The zero-order valence-corrected chi connectivity index (χ0v) is 6.52. The van der Waals surface area contributed by atoms with Crippen LogP contribution in [0.5, 0.6) is 0 Å². The summed E-state index contributed by atoms with van der Waals surface area (Å²) in [6, 6.07) is 0. The van der Waals surface area contributed by atoms with Gasteiger partial charge in [-0.2, -0.15) is 0 Å². The molecule has 56 valence electrons. The van der Waals surface area contributed by atoms with Crippen molar-refractivity contribution in [3.05, 3.63) is 37.1 Å². The summed E-state index contributed by atoms with van der Waals surface area (Å²) < 4.78 is 5.11. The van der Waals surface area contributed by atoms with Gasteiger partial charge in [0, 0.05) is 6.42 Å². The Hall–Kier alpha value is -0.980. The van der Waals surface area contributed by atoms with Gasteiger partial charge < -0.3 is 4.74 Å². The summed E-state index contributed by atoms with van der Waals surface area (Å²) in [5, 5.41) is 0. The first kappa shape index (κ1) is 9.02. The fourth-order valence-electron chi connectivity index (χ4n) is 0.581. The van der Waals surface area contributed by atoms with Crippen molar-refractivity contribution in [2.24, 2.45) is 0 Å². The summed E-state index contributed by atoms with van der Waals surface area (Å²) in [6.45, 7) is 13.6. The highest BCUT2D eigenvalue weighted by Crippen LogP contribution is 2.08. The third kappa shape index (κ3) is 3.96. The lowest BCUT2D eigenvalue weighted by atomic mass is 10.2. The quantitative estimate of drug-likeness (QED) is 0.419. The van der Waals surface area contributed by atoms with E-state index in [9.17, 15) is 0 Å². The molecule has 0 unspecified atom stereocenters. The number of hydrogen-bond donors (Lipinski definition) is 0. The van der Waals surface area contributed by atoms with Crippen molar-refractivity contribution in [3.8, 4) is 0 Å². The minimum absolute atomic E-state index is 0.670. The maximum Gasteiger partial charge on any atom is 0.0931 e. The highest BCUT2D eigenvalue weighted by Gasteiger charge is 1.93. The maximum atomic E-state index is 5.11. The summed E-state index contributed by atoms with van der Waals surface area (Å²) in [4.78, 5) is 0. The van der Waals surface area contributed by atoms with E-state index in [1.165, 1.54) is 0 Å². The highest BCUT2D eigenvalue weighted by atomic mass is 16.5. The Morgan fingerprint density at radius 1 is 1.50 bits per heavy atom. The highest BCUT2D eigenvalue weighted by molar-refractivity contribution is 5.16. The molecule has 0 amide bonds. The van der Waals surface area contributed by atoms with Crippen LogP contribution in [0.3, 0.4) is 0 Å². The summed E-state index contributed by atoms with van der Waals surface area (Å²) in [5.74, 6) is 0.757. The smallest absolute Gasteiger partial charge is 0.0931 e. The van der Waals surface area contributed by atoms with E-state index < -0.39 is 0 Å². The third-order valence-electron chi connectivity index (χ3n) is 1.06. The van der Waals surface area contributed by atoms with Crippen molar-refractivity contribution in [3.63, 3.8) is 0 Å². The van der Waals surface area contributed by atoms with Crippen molar-refractivity contribution >= 4 is 0 Å². The molecular weight excluding hydrogens is 124 g/mol. The zero-order valence-electron chi connectivity index (χ0n) is 6.52. The van der Waals surface area contributed by atoms with Crippen molar-refractivity contribution < 1.29 is 4.74 Å². The lowest BCUT2D eigenvalue weighted by Gasteiger charge is -2.05. The Balaban J connectivity index is 3.57. The van der Waals surface area contributed by atoms with Gasteiger partial charge in [-0.15, -0.1) is 0 Å². The van der Waals surface area contributed by atoms with Crippen LogP contribution in [-0.4, -0.2) is 6.61 Å². The summed E-state index contributed by atoms with van der Waals surface area (Å²) in [6.07, 6.45) is 2.40. The normalized spacial score (nSPS) is 8.50. The molecule has 0 heterocycles. The molecule has 0 saturated carbocycles. The Morgan fingerprint density at radius 3 is 2.50 bits per heavy atom. The van der Waals surface area contributed by atoms with Crippen molar-refractivity contribution in [1.82, 2.24) is 0 Å². The van der Waals surface area contributed by atoms with Crippen LogP contribution in [0.4, 0.5) is 0 Å². The molecule has 0 saturated heterocycles. The van der Waals surface area contributed by atoms with Crippen molar-refractivity contribution in [2.75, 3.05) is 6.61 Å². The number of rotatable bonds is 5. The van der Waals surface area contributed by atoms with Gasteiger partial charge in [0.1, 0.15) is 0 Å². The summed E-state index contributed by atoms with van der Waals surface area (Å²) in [7, 11) is 0. The predicted octanol–water partition coefficient (Wildman–Crippen LogP) is 2.67. The van der Waals surface area contributed by atoms with Gasteiger partial charge in [0.2, 0.25) is 0 Å². The van der Waals surface area contributed by atoms with E-state index in [0.717, 1.165) is 11.3 Å². The topological polar surface area (TPSA) is 9.23 Å². The van der Waals surface area contributed by atoms with Crippen LogP contribution < -0.4 is 0 Å². The van der Waals surface area contributed by atoms with Gasteiger partial charge >= 0.3 is 0 Å². The lowest BCUT2D eigenvalue weighted by Crippen LogP contribution is -1.90. The first-order valence-corrected chi connectivity index (χ1v) is 3.31. The van der Waals surface area contributed by atoms with Crippen LogP contribution in [0, 0.1) is 0 Å². The molecule has 0 fully saturated rings. The van der Waals surface area contributed by atoms with Gasteiger partial charge in [-0.05, 0) is 12.5 Å². The van der Waals surface area contributed by atoms with E-state index in [2.05, 4.69) is 19.7 Å². The standard InChI is InChI=1S/C9H14O/c1-5-8(3)7-9(4)10-6-2/h5H,1,3-4,6-7H2,2H3. The zero-order chi connectivity index (χ0) is 7.98. The largest absolute Gasteiger partial charge is 0.498 e. The van der Waals surface area contributed by atoms with Gasteiger partial charge in [0.15, 0.2) is 0 Å². The Morgan fingerprint density at radius 2 is 2.10 bits per heavy atom. The first-order chi connectivity index (χ1) is 4.70. The molecule has 1 nitrogen and oxygen atoms in total. The van der Waals surface area contributed by atoms with E-state index >= 15 is 0 Å². The minimum Gasteiger partial charge on any atom is -0.498 e.